The molecule has 1 aliphatic heterocycles. The Kier molecular flexibility index (Phi) is 6.62. The summed E-state index contributed by atoms with van der Waals surface area (Å²) in [5.74, 6) is 0.755. The Hall–Kier alpha value is -4.25. The van der Waals surface area contributed by atoms with E-state index in [9.17, 15) is 9.59 Å². The third kappa shape index (κ3) is 4.77. The molecule has 4 aromatic rings. The van der Waals surface area contributed by atoms with Gasteiger partial charge in [-0.25, -0.2) is 19.0 Å². The molecule has 0 amide bonds. The number of allylic oxidation sites excluding steroid dienone is 1. The van der Waals surface area contributed by atoms with Gasteiger partial charge in [-0.15, -0.1) is 11.7 Å². The Morgan fingerprint density at radius 1 is 1.05 bits per heavy atom. The van der Waals surface area contributed by atoms with Crippen LogP contribution in [0.25, 0.3) is 16.9 Å². The summed E-state index contributed by atoms with van der Waals surface area (Å²) in [6.45, 7) is 11.9. The van der Waals surface area contributed by atoms with Gasteiger partial charge in [0.1, 0.15) is 5.39 Å². The smallest absolute Gasteiger partial charge is 0.278 e. The Labute approximate surface area is 214 Å². The molecule has 0 bridgehead atoms. The predicted molar refractivity (Wildman–Crippen MR) is 145 cm³/mol. The van der Waals surface area contributed by atoms with Crippen molar-refractivity contribution in [2.24, 2.45) is 0 Å². The molecule has 0 spiro atoms. The lowest BCUT2D eigenvalue weighted by Gasteiger charge is -2.34. The van der Waals surface area contributed by atoms with Gasteiger partial charge < -0.3 is 15.1 Å². The molecule has 0 saturated carbocycles. The van der Waals surface area contributed by atoms with Crippen molar-refractivity contribution in [2.75, 3.05) is 43.4 Å². The average molecular weight is 502 g/mol. The van der Waals surface area contributed by atoms with Crippen LogP contribution in [0.2, 0.25) is 0 Å². The van der Waals surface area contributed by atoms with E-state index in [0.29, 0.717) is 22.8 Å². The van der Waals surface area contributed by atoms with Gasteiger partial charge in [-0.2, -0.15) is 4.98 Å². The normalized spacial score (nSPS) is 14.4. The van der Waals surface area contributed by atoms with E-state index in [0.717, 1.165) is 31.9 Å². The SMILES string of the molecule is C=CCn1c(=O)c2cnc(Nc3ccc(N4CCN(C)CC4)cc3)nc2n1-c1ccc(=O)n(C(C)C)n1. The van der Waals surface area contributed by atoms with E-state index in [1.807, 2.05) is 26.0 Å². The summed E-state index contributed by atoms with van der Waals surface area (Å²) in [4.78, 5) is 39.2. The highest BCUT2D eigenvalue weighted by molar-refractivity contribution is 5.77. The van der Waals surface area contributed by atoms with Crippen molar-refractivity contribution >= 4 is 28.4 Å². The number of benzene rings is 1. The molecule has 1 N–H and O–H groups in total. The Morgan fingerprint density at radius 2 is 1.78 bits per heavy atom. The molecule has 4 heterocycles. The maximum Gasteiger partial charge on any atom is 0.278 e. The quantitative estimate of drug-likeness (QED) is 0.385. The number of nitrogens with one attached hydrogen (secondary N) is 1. The van der Waals surface area contributed by atoms with Crippen LogP contribution in [0, 0.1) is 0 Å². The van der Waals surface area contributed by atoms with Crippen molar-refractivity contribution in [1.29, 1.82) is 0 Å². The molecule has 1 aromatic carbocycles. The van der Waals surface area contributed by atoms with Gasteiger partial charge in [0.05, 0.1) is 12.6 Å². The molecule has 11 heteroatoms. The van der Waals surface area contributed by atoms with Crippen molar-refractivity contribution in [3.8, 4) is 5.82 Å². The highest BCUT2D eigenvalue weighted by Gasteiger charge is 2.19. The molecule has 11 nitrogen and oxygen atoms in total. The summed E-state index contributed by atoms with van der Waals surface area (Å²) in [7, 11) is 2.14. The first-order valence-corrected chi connectivity index (χ1v) is 12.4. The molecule has 0 aliphatic carbocycles. The molecule has 0 radical (unpaired) electrons. The van der Waals surface area contributed by atoms with Crippen LogP contribution in [0.3, 0.4) is 0 Å². The fourth-order valence-electron chi connectivity index (χ4n) is 4.46. The molecule has 37 heavy (non-hydrogen) atoms. The zero-order valence-corrected chi connectivity index (χ0v) is 21.3. The Balaban J connectivity index is 1.51. The molecule has 0 atom stereocenters. The molecule has 1 fully saturated rings. The van der Waals surface area contributed by atoms with Crippen LogP contribution >= 0.6 is 0 Å². The van der Waals surface area contributed by atoms with E-state index >= 15 is 0 Å². The van der Waals surface area contributed by atoms with Crippen molar-refractivity contribution in [2.45, 2.75) is 26.4 Å². The average Bonchev–Trinajstić information content (AvgIpc) is 3.16. The fraction of sp³-hybridized carbons (Fsp3) is 0.346. The van der Waals surface area contributed by atoms with E-state index in [1.165, 1.54) is 27.3 Å². The Morgan fingerprint density at radius 3 is 2.46 bits per heavy atom. The number of nitrogens with zero attached hydrogens (tertiary/aromatic N) is 8. The van der Waals surface area contributed by atoms with Gasteiger partial charge in [0.25, 0.3) is 11.1 Å². The zero-order chi connectivity index (χ0) is 26.1. The van der Waals surface area contributed by atoms with Crippen molar-refractivity contribution in [3.63, 3.8) is 0 Å². The first-order chi connectivity index (χ1) is 17.9. The van der Waals surface area contributed by atoms with Crippen LogP contribution in [-0.4, -0.2) is 67.2 Å². The van der Waals surface area contributed by atoms with Gasteiger partial charge in [-0.05, 0) is 51.2 Å². The van der Waals surface area contributed by atoms with E-state index < -0.39 is 0 Å². The molecule has 0 unspecified atom stereocenters. The van der Waals surface area contributed by atoms with Gasteiger partial charge in [0.2, 0.25) is 5.95 Å². The van der Waals surface area contributed by atoms with Gasteiger partial charge >= 0.3 is 0 Å². The minimum absolute atomic E-state index is 0.144. The number of fused-ring (bicyclic) bond motifs is 1. The predicted octanol–water partition coefficient (Wildman–Crippen LogP) is 2.40. The number of piperazine rings is 1. The number of likely N-dealkylation sites (N-methyl/N-ethyl adjacent to an activating group) is 1. The van der Waals surface area contributed by atoms with E-state index in [4.69, 9.17) is 0 Å². The number of hydrogen-bond donors (Lipinski definition) is 1. The molecular formula is C26H31N9O2. The van der Waals surface area contributed by atoms with Crippen molar-refractivity contribution < 1.29 is 0 Å². The molecule has 1 saturated heterocycles. The lowest BCUT2D eigenvalue weighted by Crippen LogP contribution is -2.44. The zero-order valence-electron chi connectivity index (χ0n) is 21.3. The first kappa shape index (κ1) is 24.4. The highest BCUT2D eigenvalue weighted by atomic mass is 16.1. The number of anilines is 3. The van der Waals surface area contributed by atoms with Gasteiger partial charge in [-0.3, -0.25) is 9.59 Å². The van der Waals surface area contributed by atoms with Crippen LogP contribution in [0.4, 0.5) is 17.3 Å². The summed E-state index contributed by atoms with van der Waals surface area (Å²) in [5.41, 5.74) is 1.92. The lowest BCUT2D eigenvalue weighted by molar-refractivity contribution is 0.313. The van der Waals surface area contributed by atoms with Crippen LogP contribution in [0.15, 0.2) is 64.8 Å². The van der Waals surface area contributed by atoms with Crippen LogP contribution in [0.5, 0.6) is 0 Å². The highest BCUT2D eigenvalue weighted by Crippen LogP contribution is 2.22. The topological polar surface area (TPSA) is 106 Å². The molecule has 1 aliphatic rings. The molecular weight excluding hydrogens is 470 g/mol. The minimum Gasteiger partial charge on any atom is -0.369 e. The summed E-state index contributed by atoms with van der Waals surface area (Å²) in [5, 5.41) is 8.10. The van der Waals surface area contributed by atoms with Crippen LogP contribution in [-0.2, 0) is 6.54 Å². The number of rotatable bonds is 7. The van der Waals surface area contributed by atoms with Crippen LogP contribution < -0.4 is 21.3 Å². The van der Waals surface area contributed by atoms with E-state index in [1.54, 1.807) is 16.8 Å². The van der Waals surface area contributed by atoms with Crippen LogP contribution in [0.1, 0.15) is 19.9 Å². The first-order valence-electron chi connectivity index (χ1n) is 12.4. The monoisotopic (exact) mass is 501 g/mol. The standard InChI is InChI=1S/C26H31N9O2/c1-5-12-33-25(37)21-17-27-26(28-19-6-8-20(9-7-19)32-15-13-31(4)14-16-32)29-24(21)35(33)22-10-11-23(36)34(30-22)18(2)3/h5-11,17-18H,1,12-16H2,2-4H3,(H,27,28,29). The number of hydrogen-bond acceptors (Lipinski definition) is 8. The van der Waals surface area contributed by atoms with E-state index in [-0.39, 0.29) is 23.7 Å². The maximum atomic E-state index is 13.2. The fourth-order valence-corrected chi connectivity index (χ4v) is 4.46. The third-order valence-electron chi connectivity index (χ3n) is 6.49. The van der Waals surface area contributed by atoms with Crippen molar-refractivity contribution in [3.05, 3.63) is 76.0 Å². The largest absolute Gasteiger partial charge is 0.369 e. The summed E-state index contributed by atoms with van der Waals surface area (Å²) >= 11 is 0. The van der Waals surface area contributed by atoms with E-state index in [2.05, 4.69) is 55.9 Å². The lowest BCUT2D eigenvalue weighted by atomic mass is 10.2. The second kappa shape index (κ2) is 10.0. The minimum atomic E-state index is -0.262. The van der Waals surface area contributed by atoms with Gasteiger partial charge in [-0.1, -0.05) is 6.08 Å². The molecule has 3 aromatic heterocycles. The van der Waals surface area contributed by atoms with Gasteiger partial charge in [0, 0.05) is 49.8 Å². The molecule has 5 rings (SSSR count). The third-order valence-corrected chi connectivity index (χ3v) is 6.49. The second-order valence-electron chi connectivity index (χ2n) is 9.45. The summed E-state index contributed by atoms with van der Waals surface area (Å²) < 4.78 is 4.48. The maximum absolute atomic E-state index is 13.2. The molecule has 192 valence electrons. The van der Waals surface area contributed by atoms with Crippen molar-refractivity contribution in [1.82, 2.24) is 34.0 Å². The number of aromatic nitrogens is 6. The summed E-state index contributed by atoms with van der Waals surface area (Å²) in [6.07, 6.45) is 3.14. The van der Waals surface area contributed by atoms with Gasteiger partial charge in [0.15, 0.2) is 11.5 Å². The second-order valence-corrected chi connectivity index (χ2v) is 9.45. The Bertz CT molecular complexity index is 1540. The summed E-state index contributed by atoms with van der Waals surface area (Å²) in [6, 6.07) is 11.1.